The Morgan fingerprint density at radius 1 is 1.00 bits per heavy atom. The van der Waals surface area contributed by atoms with Crippen LogP contribution in [0.1, 0.15) is 6.92 Å². The molecule has 5 nitrogen and oxygen atoms in total. The zero-order chi connectivity index (χ0) is 15.2. The molecular weight excluding hydrogens is 336 g/mol. The third-order valence-electron chi connectivity index (χ3n) is 2.46. The van der Waals surface area contributed by atoms with Gasteiger partial charge in [0.2, 0.25) is 0 Å². The highest BCUT2D eigenvalue weighted by molar-refractivity contribution is 9.10. The number of urea groups is 1. The summed E-state index contributed by atoms with van der Waals surface area (Å²) in [4.78, 5) is 22.7. The van der Waals surface area contributed by atoms with Gasteiger partial charge in [-0.15, -0.1) is 0 Å². The molecule has 0 saturated carbocycles. The van der Waals surface area contributed by atoms with Crippen LogP contribution in [0, 0.1) is 0 Å². The van der Waals surface area contributed by atoms with Crippen molar-refractivity contribution in [1.29, 1.82) is 0 Å². The monoisotopic (exact) mass is 348 g/mol. The number of hydrogen-bond acceptors (Lipinski definition) is 3. The molecule has 0 bridgehead atoms. The molecule has 0 unspecified atom stereocenters. The molecule has 2 rings (SSSR count). The third kappa shape index (κ3) is 4.92. The molecule has 0 fully saturated rings. The number of carbonyl (C=O) groups is 2. The van der Waals surface area contributed by atoms with E-state index in [1.165, 1.54) is 6.92 Å². The molecule has 2 aromatic carbocycles. The maximum Gasteiger partial charge on any atom is 0.323 e. The topological polar surface area (TPSA) is 67.4 Å². The average molecular weight is 349 g/mol. The Hall–Kier alpha value is -2.34. The number of halogens is 1. The van der Waals surface area contributed by atoms with Crippen LogP contribution in [0.3, 0.4) is 0 Å². The van der Waals surface area contributed by atoms with Gasteiger partial charge in [0.05, 0.1) is 0 Å². The van der Waals surface area contributed by atoms with Gasteiger partial charge in [0.1, 0.15) is 5.75 Å². The van der Waals surface area contributed by atoms with E-state index in [0.717, 1.165) is 4.47 Å². The first-order valence-corrected chi connectivity index (χ1v) is 6.94. The summed E-state index contributed by atoms with van der Waals surface area (Å²) in [6.07, 6.45) is 0. The molecule has 0 aliphatic heterocycles. The summed E-state index contributed by atoms with van der Waals surface area (Å²) in [5, 5.41) is 5.36. The molecule has 0 aliphatic rings. The molecule has 21 heavy (non-hydrogen) atoms. The number of benzene rings is 2. The van der Waals surface area contributed by atoms with E-state index in [9.17, 15) is 9.59 Å². The van der Waals surface area contributed by atoms with Gasteiger partial charge in [0.15, 0.2) is 0 Å². The fourth-order valence-corrected chi connectivity index (χ4v) is 1.89. The van der Waals surface area contributed by atoms with Crippen molar-refractivity contribution in [1.82, 2.24) is 0 Å². The highest BCUT2D eigenvalue weighted by Crippen LogP contribution is 2.18. The van der Waals surface area contributed by atoms with E-state index < -0.39 is 5.97 Å². The van der Waals surface area contributed by atoms with Crippen molar-refractivity contribution in [3.05, 3.63) is 53.0 Å². The minimum atomic E-state index is -0.411. The number of ether oxygens (including phenoxy) is 1. The van der Waals surface area contributed by atoms with Crippen molar-refractivity contribution in [3.8, 4) is 5.75 Å². The van der Waals surface area contributed by atoms with Crippen LogP contribution in [0.4, 0.5) is 16.2 Å². The van der Waals surface area contributed by atoms with Crippen LogP contribution in [0.2, 0.25) is 0 Å². The number of nitrogens with one attached hydrogen (secondary N) is 2. The van der Waals surface area contributed by atoms with Gasteiger partial charge in [-0.1, -0.05) is 22.0 Å². The van der Waals surface area contributed by atoms with Crippen LogP contribution >= 0.6 is 15.9 Å². The Bertz CT molecular complexity index is 656. The van der Waals surface area contributed by atoms with Crippen molar-refractivity contribution in [3.63, 3.8) is 0 Å². The van der Waals surface area contributed by atoms with Gasteiger partial charge < -0.3 is 15.4 Å². The molecule has 0 saturated heterocycles. The van der Waals surface area contributed by atoms with E-state index in [1.807, 2.05) is 12.1 Å². The molecule has 0 spiro atoms. The lowest BCUT2D eigenvalue weighted by molar-refractivity contribution is -0.131. The van der Waals surface area contributed by atoms with Gasteiger partial charge in [-0.05, 0) is 36.4 Å². The van der Waals surface area contributed by atoms with Crippen LogP contribution < -0.4 is 15.4 Å². The van der Waals surface area contributed by atoms with Gasteiger partial charge >= 0.3 is 12.0 Å². The van der Waals surface area contributed by atoms with Crippen molar-refractivity contribution in [2.45, 2.75) is 6.92 Å². The molecule has 0 radical (unpaired) electrons. The molecule has 2 N–H and O–H groups in total. The molecular formula is C15H13BrN2O3. The Labute approximate surface area is 130 Å². The second-order valence-electron chi connectivity index (χ2n) is 4.21. The first-order valence-electron chi connectivity index (χ1n) is 6.15. The maximum absolute atomic E-state index is 11.9. The van der Waals surface area contributed by atoms with Crippen LogP contribution in [0.25, 0.3) is 0 Å². The Kier molecular flexibility index (Phi) is 4.94. The predicted molar refractivity (Wildman–Crippen MR) is 84.5 cm³/mol. The molecule has 6 heteroatoms. The first-order chi connectivity index (χ1) is 10.0. The highest BCUT2D eigenvalue weighted by atomic mass is 79.9. The lowest BCUT2D eigenvalue weighted by atomic mass is 10.3. The molecule has 2 amide bonds. The van der Waals surface area contributed by atoms with E-state index in [-0.39, 0.29) is 6.03 Å². The van der Waals surface area contributed by atoms with E-state index in [0.29, 0.717) is 17.1 Å². The summed E-state index contributed by atoms with van der Waals surface area (Å²) >= 11 is 3.32. The minimum absolute atomic E-state index is 0.378. The van der Waals surface area contributed by atoms with Gasteiger partial charge in [0.25, 0.3) is 0 Å². The number of esters is 1. The summed E-state index contributed by atoms with van der Waals surface area (Å²) in [6, 6.07) is 13.4. The second-order valence-corrected chi connectivity index (χ2v) is 5.12. The van der Waals surface area contributed by atoms with E-state index in [2.05, 4.69) is 26.6 Å². The van der Waals surface area contributed by atoms with Crippen LogP contribution in [0.15, 0.2) is 53.0 Å². The molecule has 0 aromatic heterocycles. The van der Waals surface area contributed by atoms with Crippen molar-refractivity contribution < 1.29 is 14.3 Å². The Morgan fingerprint density at radius 3 is 2.33 bits per heavy atom. The van der Waals surface area contributed by atoms with Crippen molar-refractivity contribution in [2.24, 2.45) is 0 Å². The molecule has 0 aliphatic carbocycles. The molecule has 0 heterocycles. The first kappa shape index (κ1) is 15.1. The Balaban J connectivity index is 1.99. The minimum Gasteiger partial charge on any atom is -0.427 e. The summed E-state index contributed by atoms with van der Waals surface area (Å²) < 4.78 is 5.88. The largest absolute Gasteiger partial charge is 0.427 e. The lowest BCUT2D eigenvalue weighted by Crippen LogP contribution is -2.19. The van der Waals surface area contributed by atoms with Crippen LogP contribution in [0.5, 0.6) is 5.75 Å². The molecule has 2 aromatic rings. The Morgan fingerprint density at radius 2 is 1.67 bits per heavy atom. The SMILES string of the molecule is CC(=O)Oc1cccc(NC(=O)Nc2ccc(Br)cc2)c1. The summed E-state index contributed by atoms with van der Waals surface area (Å²) in [5.74, 6) is -0.0320. The van der Waals surface area contributed by atoms with Gasteiger partial charge in [-0.2, -0.15) is 0 Å². The fourth-order valence-electron chi connectivity index (χ4n) is 1.63. The van der Waals surface area contributed by atoms with E-state index in [4.69, 9.17) is 4.74 Å². The number of carbonyl (C=O) groups excluding carboxylic acids is 2. The maximum atomic E-state index is 11.9. The summed E-state index contributed by atoms with van der Waals surface area (Å²) in [5.41, 5.74) is 1.20. The highest BCUT2D eigenvalue weighted by Gasteiger charge is 2.04. The fraction of sp³-hybridized carbons (Fsp3) is 0.0667. The predicted octanol–water partition coefficient (Wildman–Crippen LogP) is 4.02. The smallest absolute Gasteiger partial charge is 0.323 e. The van der Waals surface area contributed by atoms with E-state index in [1.54, 1.807) is 36.4 Å². The zero-order valence-electron chi connectivity index (χ0n) is 11.2. The summed E-state index contributed by atoms with van der Waals surface area (Å²) in [7, 11) is 0. The van der Waals surface area contributed by atoms with Gasteiger partial charge in [-0.3, -0.25) is 4.79 Å². The number of hydrogen-bond donors (Lipinski definition) is 2. The second kappa shape index (κ2) is 6.90. The number of anilines is 2. The number of amides is 2. The van der Waals surface area contributed by atoms with Crippen LogP contribution in [-0.4, -0.2) is 12.0 Å². The third-order valence-corrected chi connectivity index (χ3v) is 2.98. The number of rotatable bonds is 3. The summed E-state index contributed by atoms with van der Waals surface area (Å²) in [6.45, 7) is 1.32. The normalized spacial score (nSPS) is 9.81. The molecule has 0 atom stereocenters. The molecule has 108 valence electrons. The average Bonchev–Trinajstić information content (AvgIpc) is 2.41. The van der Waals surface area contributed by atoms with Gasteiger partial charge in [0, 0.05) is 28.8 Å². The lowest BCUT2D eigenvalue weighted by Gasteiger charge is -2.09. The van der Waals surface area contributed by atoms with Crippen molar-refractivity contribution in [2.75, 3.05) is 10.6 Å². The van der Waals surface area contributed by atoms with E-state index >= 15 is 0 Å². The van der Waals surface area contributed by atoms with Crippen LogP contribution in [-0.2, 0) is 4.79 Å². The van der Waals surface area contributed by atoms with Crippen molar-refractivity contribution >= 4 is 39.3 Å². The standard InChI is InChI=1S/C15H13BrN2O3/c1-10(19)21-14-4-2-3-13(9-14)18-15(20)17-12-7-5-11(16)6-8-12/h2-9H,1H3,(H2,17,18,20). The van der Waals surface area contributed by atoms with Gasteiger partial charge in [-0.25, -0.2) is 4.79 Å². The zero-order valence-corrected chi connectivity index (χ0v) is 12.8. The quantitative estimate of drug-likeness (QED) is 0.650.